The van der Waals surface area contributed by atoms with Gasteiger partial charge < -0.3 is 14.6 Å². The average Bonchev–Trinajstić information content (AvgIpc) is 2.30. The van der Waals surface area contributed by atoms with Gasteiger partial charge in [-0.2, -0.15) is 0 Å². The van der Waals surface area contributed by atoms with E-state index in [1.54, 1.807) is 6.92 Å². The summed E-state index contributed by atoms with van der Waals surface area (Å²) in [5.74, 6) is -0.526. The molecule has 5 nitrogen and oxygen atoms in total. The van der Waals surface area contributed by atoms with Gasteiger partial charge in [-0.1, -0.05) is 0 Å². The predicted molar refractivity (Wildman–Crippen MR) is 60.4 cm³/mol. The minimum absolute atomic E-state index is 0.125. The van der Waals surface area contributed by atoms with Crippen LogP contribution in [0.15, 0.2) is 12.1 Å². The number of rotatable bonds is 4. The van der Waals surface area contributed by atoms with Gasteiger partial charge in [-0.3, -0.25) is 4.79 Å². The quantitative estimate of drug-likeness (QED) is 0.635. The molecule has 0 radical (unpaired) electrons. The van der Waals surface area contributed by atoms with Gasteiger partial charge >= 0.3 is 5.97 Å². The molecule has 1 N–H and O–H groups in total. The fourth-order valence-electron chi connectivity index (χ4n) is 1.32. The van der Waals surface area contributed by atoms with E-state index in [-0.39, 0.29) is 23.7 Å². The number of hydrogen-bond donors (Lipinski definition) is 1. The van der Waals surface area contributed by atoms with Crippen molar-refractivity contribution in [3.8, 4) is 11.5 Å². The van der Waals surface area contributed by atoms with Crippen molar-refractivity contribution < 1.29 is 24.2 Å². The van der Waals surface area contributed by atoms with Crippen LogP contribution in [0.5, 0.6) is 11.5 Å². The minimum atomic E-state index is -0.514. The van der Waals surface area contributed by atoms with E-state index in [1.165, 1.54) is 26.2 Å². The monoisotopic (exact) mass is 238 g/mol. The van der Waals surface area contributed by atoms with Gasteiger partial charge in [0.1, 0.15) is 11.5 Å². The molecular formula is C12H14O5. The number of carbonyl (C=O) groups is 2. The molecule has 0 atom stereocenters. The molecule has 5 heteroatoms. The molecule has 0 aromatic heterocycles. The molecule has 1 aromatic carbocycles. The Bertz CT molecular complexity index is 450. The van der Waals surface area contributed by atoms with Crippen molar-refractivity contribution in [1.82, 2.24) is 0 Å². The summed E-state index contributed by atoms with van der Waals surface area (Å²) in [6.07, 6.45) is 0. The number of esters is 1. The molecule has 0 amide bonds. The molecule has 0 saturated carbocycles. The van der Waals surface area contributed by atoms with Gasteiger partial charge in [0.2, 0.25) is 0 Å². The molecule has 0 spiro atoms. The van der Waals surface area contributed by atoms with Gasteiger partial charge in [-0.25, -0.2) is 4.79 Å². The number of carbonyl (C=O) groups excluding carboxylic acids is 2. The van der Waals surface area contributed by atoms with Crippen LogP contribution in [0, 0.1) is 6.92 Å². The molecular weight excluding hydrogens is 224 g/mol. The third kappa shape index (κ3) is 2.96. The number of hydrogen-bond acceptors (Lipinski definition) is 5. The van der Waals surface area contributed by atoms with Crippen LogP contribution in [-0.4, -0.2) is 30.6 Å². The van der Waals surface area contributed by atoms with Crippen LogP contribution in [0.4, 0.5) is 0 Å². The molecule has 1 rings (SSSR count). The highest BCUT2D eigenvalue weighted by atomic mass is 16.6. The maximum atomic E-state index is 11.2. The molecule has 0 aliphatic carbocycles. The predicted octanol–water partition coefficient (Wildman–Crippen LogP) is 1.46. The third-order valence-electron chi connectivity index (χ3n) is 2.33. The Morgan fingerprint density at radius 1 is 1.35 bits per heavy atom. The van der Waals surface area contributed by atoms with Crippen LogP contribution in [0.2, 0.25) is 0 Å². The van der Waals surface area contributed by atoms with Crippen LogP contribution in [0.25, 0.3) is 0 Å². The van der Waals surface area contributed by atoms with Gasteiger partial charge in [-0.15, -0.1) is 0 Å². The van der Waals surface area contributed by atoms with Crippen LogP contribution in [0.1, 0.15) is 22.8 Å². The van der Waals surface area contributed by atoms with E-state index in [9.17, 15) is 14.7 Å². The smallest absolute Gasteiger partial charge is 0.343 e. The van der Waals surface area contributed by atoms with Crippen LogP contribution < -0.4 is 4.74 Å². The number of methoxy groups -OCH3 is 1. The maximum absolute atomic E-state index is 11.2. The Morgan fingerprint density at radius 2 is 2.00 bits per heavy atom. The normalized spacial score (nSPS) is 9.82. The first-order valence-corrected chi connectivity index (χ1v) is 5.00. The van der Waals surface area contributed by atoms with Crippen LogP contribution in [-0.2, 0) is 9.53 Å². The number of phenolic OH excluding ortho intramolecular Hbond substituents is 1. The topological polar surface area (TPSA) is 72.8 Å². The number of Topliss-reactive ketones (excluding diaryl/α,β-unsaturated/α-hetero) is 1. The zero-order valence-corrected chi connectivity index (χ0v) is 9.94. The number of aromatic hydroxyl groups is 1. The van der Waals surface area contributed by atoms with Gasteiger partial charge in [0.15, 0.2) is 12.4 Å². The molecule has 92 valence electrons. The zero-order chi connectivity index (χ0) is 13.0. The first kappa shape index (κ1) is 13.0. The van der Waals surface area contributed by atoms with Crippen molar-refractivity contribution in [1.29, 1.82) is 0 Å². The standard InChI is InChI=1S/C12H14O5/c1-7-10(17-6-11(14)16-3)5-4-9(8(2)13)12(7)15/h4-5,15H,6H2,1-3H3. The summed E-state index contributed by atoms with van der Waals surface area (Å²) >= 11 is 0. The Morgan fingerprint density at radius 3 is 2.53 bits per heavy atom. The second-order valence-corrected chi connectivity index (χ2v) is 3.51. The zero-order valence-electron chi connectivity index (χ0n) is 9.94. The molecule has 0 heterocycles. The maximum Gasteiger partial charge on any atom is 0.343 e. The Balaban J connectivity index is 2.93. The molecule has 0 fully saturated rings. The van der Waals surface area contributed by atoms with E-state index in [0.717, 1.165) is 0 Å². The highest BCUT2D eigenvalue weighted by molar-refractivity contribution is 5.97. The average molecular weight is 238 g/mol. The number of ether oxygens (including phenoxy) is 2. The Kier molecular flexibility index (Phi) is 4.09. The van der Waals surface area contributed by atoms with E-state index >= 15 is 0 Å². The van der Waals surface area contributed by atoms with Gasteiger partial charge in [0.25, 0.3) is 0 Å². The minimum Gasteiger partial charge on any atom is -0.507 e. The highest BCUT2D eigenvalue weighted by Gasteiger charge is 2.13. The molecule has 1 aromatic rings. The fourth-order valence-corrected chi connectivity index (χ4v) is 1.32. The van der Waals surface area contributed by atoms with Crippen molar-refractivity contribution in [2.24, 2.45) is 0 Å². The van der Waals surface area contributed by atoms with Gasteiger partial charge in [-0.05, 0) is 26.0 Å². The van der Waals surface area contributed by atoms with E-state index in [4.69, 9.17) is 4.74 Å². The van der Waals surface area contributed by atoms with E-state index < -0.39 is 5.97 Å². The lowest BCUT2D eigenvalue weighted by molar-refractivity contribution is -0.142. The summed E-state index contributed by atoms with van der Waals surface area (Å²) in [5, 5.41) is 9.75. The molecule has 0 aliphatic rings. The summed E-state index contributed by atoms with van der Waals surface area (Å²) in [4.78, 5) is 22.1. The van der Waals surface area contributed by atoms with E-state index in [2.05, 4.69) is 4.74 Å². The fraction of sp³-hybridized carbons (Fsp3) is 0.333. The Hall–Kier alpha value is -2.04. The van der Waals surface area contributed by atoms with Gasteiger partial charge in [0.05, 0.1) is 12.7 Å². The van der Waals surface area contributed by atoms with E-state index in [0.29, 0.717) is 11.3 Å². The summed E-state index contributed by atoms with van der Waals surface area (Å²) in [6.45, 7) is 2.73. The van der Waals surface area contributed by atoms with Crippen molar-refractivity contribution in [2.75, 3.05) is 13.7 Å². The summed E-state index contributed by atoms with van der Waals surface area (Å²) in [6, 6.07) is 2.99. The lowest BCUT2D eigenvalue weighted by Crippen LogP contribution is -2.13. The second kappa shape index (κ2) is 5.34. The molecule has 0 unspecified atom stereocenters. The van der Waals surface area contributed by atoms with Crippen molar-refractivity contribution in [2.45, 2.75) is 13.8 Å². The number of benzene rings is 1. The first-order valence-electron chi connectivity index (χ1n) is 5.00. The number of phenols is 1. The summed E-state index contributed by atoms with van der Waals surface area (Å²) in [5.41, 5.74) is 0.648. The lowest BCUT2D eigenvalue weighted by Gasteiger charge is -2.11. The summed E-state index contributed by atoms with van der Waals surface area (Å²) < 4.78 is 9.58. The SMILES string of the molecule is COC(=O)COc1ccc(C(C)=O)c(O)c1C. The van der Waals surface area contributed by atoms with Crippen LogP contribution >= 0.6 is 0 Å². The number of ketones is 1. The van der Waals surface area contributed by atoms with Crippen molar-refractivity contribution in [3.05, 3.63) is 23.3 Å². The van der Waals surface area contributed by atoms with Crippen molar-refractivity contribution >= 4 is 11.8 Å². The first-order chi connectivity index (χ1) is 7.97. The molecule has 0 aliphatic heterocycles. The largest absolute Gasteiger partial charge is 0.507 e. The van der Waals surface area contributed by atoms with E-state index in [1.807, 2.05) is 0 Å². The molecule has 17 heavy (non-hydrogen) atoms. The molecule has 0 bridgehead atoms. The summed E-state index contributed by atoms with van der Waals surface area (Å²) in [7, 11) is 1.26. The van der Waals surface area contributed by atoms with Crippen LogP contribution in [0.3, 0.4) is 0 Å². The third-order valence-corrected chi connectivity index (χ3v) is 2.33. The second-order valence-electron chi connectivity index (χ2n) is 3.51. The van der Waals surface area contributed by atoms with Crippen molar-refractivity contribution in [3.63, 3.8) is 0 Å². The Labute approximate surface area is 99.0 Å². The van der Waals surface area contributed by atoms with Gasteiger partial charge in [0, 0.05) is 5.56 Å². The molecule has 0 saturated heterocycles. The lowest BCUT2D eigenvalue weighted by atomic mass is 10.1. The highest BCUT2D eigenvalue weighted by Crippen LogP contribution is 2.30.